The van der Waals surface area contributed by atoms with Crippen molar-refractivity contribution < 1.29 is 13.2 Å². The number of halogens is 1. The van der Waals surface area contributed by atoms with Crippen LogP contribution in [0.3, 0.4) is 0 Å². The van der Waals surface area contributed by atoms with Gasteiger partial charge in [0.1, 0.15) is 4.90 Å². The second-order valence-electron chi connectivity index (χ2n) is 5.38. The standard InChI is InChI=1S/C16H15BrN2O3S/c1-11-3-2-4-12(6-5-11)10-19-16(20)18-14-8-7-13(17)9-15(14)23(19,21)22/h3-9H,2,10H2,1H3,(H,18,20). The molecule has 0 unspecified atom stereocenters. The highest BCUT2D eigenvalue weighted by Gasteiger charge is 2.36. The van der Waals surface area contributed by atoms with E-state index in [9.17, 15) is 13.2 Å². The van der Waals surface area contributed by atoms with Gasteiger partial charge in [-0.1, -0.05) is 45.8 Å². The van der Waals surface area contributed by atoms with Crippen molar-refractivity contribution in [2.24, 2.45) is 0 Å². The molecule has 0 aromatic heterocycles. The number of rotatable bonds is 2. The summed E-state index contributed by atoms with van der Waals surface area (Å²) in [6, 6.07) is 4.13. The Morgan fingerprint density at radius 1 is 1.26 bits per heavy atom. The Balaban J connectivity index is 1.96. The van der Waals surface area contributed by atoms with Crippen LogP contribution in [-0.4, -0.2) is 25.3 Å². The van der Waals surface area contributed by atoms with Gasteiger partial charge < -0.3 is 5.32 Å². The van der Waals surface area contributed by atoms with Crippen molar-refractivity contribution in [3.8, 4) is 0 Å². The van der Waals surface area contributed by atoms with E-state index in [0.717, 1.165) is 15.5 Å². The number of sulfonamides is 1. The van der Waals surface area contributed by atoms with Gasteiger partial charge >= 0.3 is 6.03 Å². The Bertz CT molecular complexity index is 869. The van der Waals surface area contributed by atoms with Gasteiger partial charge in [-0.2, -0.15) is 0 Å². The molecule has 1 N–H and O–H groups in total. The highest BCUT2D eigenvalue weighted by atomic mass is 79.9. The number of allylic oxidation sites excluding steroid dienone is 4. The van der Waals surface area contributed by atoms with Crippen molar-refractivity contribution in [3.05, 3.63) is 58.1 Å². The minimum atomic E-state index is -3.88. The smallest absolute Gasteiger partial charge is 0.306 e. The van der Waals surface area contributed by atoms with Gasteiger partial charge in [-0.05, 0) is 37.1 Å². The van der Waals surface area contributed by atoms with Crippen LogP contribution in [0.4, 0.5) is 10.5 Å². The molecule has 1 aromatic rings. The summed E-state index contributed by atoms with van der Waals surface area (Å²) in [6.45, 7) is 1.99. The zero-order valence-corrected chi connectivity index (χ0v) is 14.8. The fourth-order valence-electron chi connectivity index (χ4n) is 2.43. The van der Waals surface area contributed by atoms with Crippen molar-refractivity contribution in [2.45, 2.75) is 18.2 Å². The van der Waals surface area contributed by atoms with Gasteiger partial charge in [-0.15, -0.1) is 0 Å². The predicted molar refractivity (Wildman–Crippen MR) is 92.6 cm³/mol. The van der Waals surface area contributed by atoms with E-state index in [2.05, 4.69) is 21.2 Å². The number of hydrogen-bond acceptors (Lipinski definition) is 3. The maximum absolute atomic E-state index is 12.8. The van der Waals surface area contributed by atoms with E-state index in [-0.39, 0.29) is 11.4 Å². The Morgan fingerprint density at radius 2 is 2.04 bits per heavy atom. The van der Waals surface area contributed by atoms with Gasteiger partial charge in [-0.25, -0.2) is 17.5 Å². The van der Waals surface area contributed by atoms with Crippen molar-refractivity contribution in [1.82, 2.24) is 4.31 Å². The molecule has 5 nitrogen and oxygen atoms in total. The van der Waals surface area contributed by atoms with E-state index in [1.165, 1.54) is 6.07 Å². The molecular formula is C16H15BrN2O3S. The summed E-state index contributed by atoms with van der Waals surface area (Å²) < 4.78 is 27.1. The van der Waals surface area contributed by atoms with Gasteiger partial charge in [-0.3, -0.25) is 0 Å². The van der Waals surface area contributed by atoms with E-state index in [1.807, 2.05) is 31.2 Å². The molecule has 0 saturated heterocycles. The molecule has 1 aliphatic heterocycles. The average Bonchev–Trinajstić information content (AvgIpc) is 2.69. The average molecular weight is 395 g/mol. The lowest BCUT2D eigenvalue weighted by molar-refractivity contribution is 0.237. The van der Waals surface area contributed by atoms with E-state index < -0.39 is 16.1 Å². The van der Waals surface area contributed by atoms with Crippen LogP contribution in [0.2, 0.25) is 0 Å². The first-order chi connectivity index (χ1) is 10.9. The molecule has 1 aliphatic carbocycles. The molecule has 7 heteroatoms. The van der Waals surface area contributed by atoms with Gasteiger partial charge in [0, 0.05) is 4.47 Å². The van der Waals surface area contributed by atoms with Crippen LogP contribution in [-0.2, 0) is 10.0 Å². The second-order valence-corrected chi connectivity index (χ2v) is 8.12. The lowest BCUT2D eigenvalue weighted by atomic mass is 10.2. The molecule has 0 fully saturated rings. The third kappa shape index (κ3) is 3.11. The summed E-state index contributed by atoms with van der Waals surface area (Å²) in [5.41, 5.74) is 2.20. The number of nitrogens with one attached hydrogen (secondary N) is 1. The number of nitrogens with zero attached hydrogens (tertiary/aromatic N) is 1. The first-order valence-electron chi connectivity index (χ1n) is 7.05. The minimum absolute atomic E-state index is 0.0116. The van der Waals surface area contributed by atoms with Crippen LogP contribution in [0.15, 0.2) is 63.0 Å². The van der Waals surface area contributed by atoms with E-state index in [0.29, 0.717) is 16.6 Å². The molecular weight excluding hydrogens is 380 g/mol. The van der Waals surface area contributed by atoms with Crippen LogP contribution in [0.1, 0.15) is 13.3 Å². The number of carbonyl (C=O) groups excluding carboxylic acids is 1. The van der Waals surface area contributed by atoms with Crippen molar-refractivity contribution in [1.29, 1.82) is 0 Å². The third-order valence-corrected chi connectivity index (χ3v) is 5.95. The zero-order chi connectivity index (χ0) is 16.6. The van der Waals surface area contributed by atoms with Crippen LogP contribution >= 0.6 is 15.9 Å². The molecule has 2 amide bonds. The summed E-state index contributed by atoms with van der Waals surface area (Å²) in [6.07, 6.45) is 8.44. The lowest BCUT2D eigenvalue weighted by Gasteiger charge is -2.29. The number of amides is 2. The first-order valence-corrected chi connectivity index (χ1v) is 9.28. The summed E-state index contributed by atoms with van der Waals surface area (Å²) >= 11 is 3.27. The topological polar surface area (TPSA) is 66.5 Å². The second kappa shape index (κ2) is 5.98. The molecule has 0 saturated carbocycles. The molecule has 1 aromatic carbocycles. The largest absolute Gasteiger partial charge is 0.336 e. The summed E-state index contributed by atoms with van der Waals surface area (Å²) in [5, 5.41) is 2.63. The summed E-state index contributed by atoms with van der Waals surface area (Å²) in [7, 11) is -3.88. The first kappa shape index (κ1) is 16.0. The maximum atomic E-state index is 12.8. The van der Waals surface area contributed by atoms with E-state index >= 15 is 0 Å². The number of urea groups is 1. The quantitative estimate of drug-likeness (QED) is 0.828. The Morgan fingerprint density at radius 3 is 2.83 bits per heavy atom. The highest BCUT2D eigenvalue weighted by Crippen LogP contribution is 2.33. The molecule has 0 spiro atoms. The summed E-state index contributed by atoms with van der Waals surface area (Å²) in [5.74, 6) is 0. The molecule has 1 heterocycles. The molecule has 120 valence electrons. The van der Waals surface area contributed by atoms with Gasteiger partial charge in [0.2, 0.25) is 0 Å². The Kier molecular flexibility index (Phi) is 4.16. The third-order valence-electron chi connectivity index (χ3n) is 3.69. The Labute approximate surface area is 143 Å². The monoisotopic (exact) mass is 394 g/mol. The highest BCUT2D eigenvalue weighted by molar-refractivity contribution is 9.10. The van der Waals surface area contributed by atoms with Crippen LogP contribution < -0.4 is 5.32 Å². The zero-order valence-electron chi connectivity index (χ0n) is 12.4. The van der Waals surface area contributed by atoms with Crippen molar-refractivity contribution >= 4 is 37.7 Å². The van der Waals surface area contributed by atoms with E-state index in [4.69, 9.17) is 0 Å². The van der Waals surface area contributed by atoms with Crippen LogP contribution in [0, 0.1) is 0 Å². The molecule has 0 radical (unpaired) electrons. The lowest BCUT2D eigenvalue weighted by Crippen LogP contribution is -2.44. The van der Waals surface area contributed by atoms with Gasteiger partial charge in [0.05, 0.1) is 12.2 Å². The molecule has 0 atom stereocenters. The fourth-order valence-corrected chi connectivity index (χ4v) is 4.43. The van der Waals surface area contributed by atoms with Crippen LogP contribution in [0.5, 0.6) is 0 Å². The number of anilines is 1. The molecule has 0 bridgehead atoms. The molecule has 2 aliphatic rings. The number of benzene rings is 1. The van der Waals surface area contributed by atoms with Gasteiger partial charge in [0.15, 0.2) is 0 Å². The van der Waals surface area contributed by atoms with E-state index in [1.54, 1.807) is 12.1 Å². The normalized spacial score (nSPS) is 19.4. The molecule has 23 heavy (non-hydrogen) atoms. The fraction of sp³-hybridized carbons (Fsp3) is 0.188. The van der Waals surface area contributed by atoms with Gasteiger partial charge in [0.25, 0.3) is 10.0 Å². The van der Waals surface area contributed by atoms with Crippen LogP contribution in [0.25, 0.3) is 0 Å². The number of fused-ring (bicyclic) bond motifs is 1. The predicted octanol–water partition coefficient (Wildman–Crippen LogP) is 3.82. The van der Waals surface area contributed by atoms with Crippen molar-refractivity contribution in [3.63, 3.8) is 0 Å². The maximum Gasteiger partial charge on any atom is 0.336 e. The Hall–Kier alpha value is -1.86. The summed E-state index contributed by atoms with van der Waals surface area (Å²) in [4.78, 5) is 12.3. The molecule has 3 rings (SSSR count). The number of carbonyl (C=O) groups is 1. The minimum Gasteiger partial charge on any atom is -0.306 e. The number of hydrogen-bond donors (Lipinski definition) is 1. The van der Waals surface area contributed by atoms with Crippen molar-refractivity contribution in [2.75, 3.05) is 11.9 Å². The SMILES string of the molecule is CC1=CCC=C(CN2C(=O)Nc3ccc(Br)cc3S2(=O)=O)C=C1.